The summed E-state index contributed by atoms with van der Waals surface area (Å²) in [5.41, 5.74) is 0.710. The van der Waals surface area contributed by atoms with Gasteiger partial charge >= 0.3 is 0 Å². The number of hydrogen-bond acceptors (Lipinski definition) is 5. The van der Waals surface area contributed by atoms with Gasteiger partial charge in [0.25, 0.3) is 11.8 Å². The third-order valence-corrected chi connectivity index (χ3v) is 3.78. The maximum Gasteiger partial charge on any atom is 0.251 e. The summed E-state index contributed by atoms with van der Waals surface area (Å²) in [5.74, 6) is 0.695. The number of methoxy groups -OCH3 is 1. The Labute approximate surface area is 191 Å². The number of aromatic hydroxyl groups is 1. The number of carbonyl (C=O) groups excluding carboxylic acids is 2. The Bertz CT molecular complexity index is 848. The van der Waals surface area contributed by atoms with Crippen LogP contribution in [0, 0.1) is 0 Å². The molecular weight excluding hydrogens is 408 g/mol. The van der Waals surface area contributed by atoms with E-state index >= 15 is 0 Å². The van der Waals surface area contributed by atoms with Gasteiger partial charge in [-0.25, -0.2) is 0 Å². The van der Waals surface area contributed by atoms with Crippen LogP contribution in [0.4, 0.5) is 0 Å². The van der Waals surface area contributed by atoms with E-state index in [0.717, 1.165) is 5.75 Å². The molecule has 0 saturated carbocycles. The van der Waals surface area contributed by atoms with Gasteiger partial charge in [-0.15, -0.1) is 0 Å². The molecule has 2 aromatic rings. The van der Waals surface area contributed by atoms with E-state index in [1.807, 2.05) is 41.5 Å². The fourth-order valence-electron chi connectivity index (χ4n) is 2.38. The van der Waals surface area contributed by atoms with Gasteiger partial charge in [-0.2, -0.15) is 0 Å². The number of nitrogens with one attached hydrogen (secondary N) is 2. The normalized spacial score (nSPS) is 11.1. The topological polar surface area (TPSA) is 96.9 Å². The van der Waals surface area contributed by atoms with Crippen LogP contribution >= 0.6 is 0 Å². The molecule has 7 heteroatoms. The Morgan fingerprint density at radius 1 is 0.750 bits per heavy atom. The molecule has 2 rings (SSSR count). The minimum absolute atomic E-state index is 0.0778. The molecular formula is C25H36N2O5. The number of rotatable bonds is 6. The Morgan fingerprint density at radius 2 is 1.16 bits per heavy atom. The molecule has 0 spiro atoms. The van der Waals surface area contributed by atoms with Gasteiger partial charge in [0.05, 0.1) is 6.61 Å². The van der Waals surface area contributed by atoms with E-state index in [1.165, 1.54) is 12.1 Å². The van der Waals surface area contributed by atoms with Crippen molar-refractivity contribution in [3.63, 3.8) is 0 Å². The average molecular weight is 445 g/mol. The minimum Gasteiger partial charge on any atom is -0.508 e. The van der Waals surface area contributed by atoms with E-state index in [1.54, 1.807) is 43.5 Å². The fraction of sp³-hybridized carbons (Fsp3) is 0.440. The van der Waals surface area contributed by atoms with Crippen molar-refractivity contribution in [3.8, 4) is 11.5 Å². The summed E-state index contributed by atoms with van der Waals surface area (Å²) in [4.78, 5) is 23.4. The van der Waals surface area contributed by atoms with Crippen LogP contribution in [-0.4, -0.2) is 48.3 Å². The van der Waals surface area contributed by atoms with Gasteiger partial charge in [-0.3, -0.25) is 9.59 Å². The molecule has 0 atom stereocenters. The van der Waals surface area contributed by atoms with Crippen molar-refractivity contribution in [2.45, 2.75) is 52.6 Å². The average Bonchev–Trinajstić information content (AvgIpc) is 2.67. The van der Waals surface area contributed by atoms with Crippen molar-refractivity contribution in [1.82, 2.24) is 10.6 Å². The number of phenols is 1. The Kier molecular flexibility index (Phi) is 10.2. The zero-order valence-electron chi connectivity index (χ0n) is 20.1. The molecule has 0 aliphatic carbocycles. The van der Waals surface area contributed by atoms with Gasteiger partial charge in [0.1, 0.15) is 18.1 Å². The van der Waals surface area contributed by atoms with Gasteiger partial charge in [0.2, 0.25) is 0 Å². The highest BCUT2D eigenvalue weighted by molar-refractivity contribution is 5.95. The first-order valence-electron chi connectivity index (χ1n) is 10.5. The molecule has 0 unspecified atom stereocenters. The fourth-order valence-corrected chi connectivity index (χ4v) is 2.38. The molecule has 0 saturated heterocycles. The van der Waals surface area contributed by atoms with Gasteiger partial charge in [-0.1, -0.05) is 0 Å². The smallest absolute Gasteiger partial charge is 0.251 e. The highest BCUT2D eigenvalue weighted by Crippen LogP contribution is 2.13. The van der Waals surface area contributed by atoms with E-state index in [4.69, 9.17) is 14.6 Å². The summed E-state index contributed by atoms with van der Waals surface area (Å²) in [6.07, 6.45) is 0. The van der Waals surface area contributed by atoms with Crippen LogP contribution in [-0.2, 0) is 4.74 Å². The van der Waals surface area contributed by atoms with E-state index in [2.05, 4.69) is 10.6 Å². The highest BCUT2D eigenvalue weighted by Gasteiger charge is 2.15. The Morgan fingerprint density at radius 3 is 1.53 bits per heavy atom. The predicted octanol–water partition coefficient (Wildman–Crippen LogP) is 4.16. The van der Waals surface area contributed by atoms with Crippen LogP contribution in [0.3, 0.4) is 0 Å². The van der Waals surface area contributed by atoms with Crippen LogP contribution < -0.4 is 15.4 Å². The monoisotopic (exact) mass is 444 g/mol. The maximum absolute atomic E-state index is 11.9. The standard InChI is InChI=1S/C14H21NO3.C11H15NO2/c1-14(2,3)15-13(16)11-5-7-12(8-6-11)18-10-9-17-4;1-11(2,3)12-10(14)8-4-6-9(13)7-5-8/h5-8H,9-10H2,1-4H3,(H,15,16);4-7,13H,1-3H3,(H,12,14). The van der Waals surface area contributed by atoms with Gasteiger partial charge in [0, 0.05) is 29.3 Å². The van der Waals surface area contributed by atoms with Crippen LogP contribution in [0.1, 0.15) is 62.3 Å². The summed E-state index contributed by atoms with van der Waals surface area (Å²) in [5, 5.41) is 14.8. The molecule has 0 bridgehead atoms. The van der Waals surface area contributed by atoms with Crippen LogP contribution in [0.5, 0.6) is 11.5 Å². The molecule has 2 amide bonds. The first-order chi connectivity index (χ1) is 14.8. The molecule has 32 heavy (non-hydrogen) atoms. The molecule has 0 aliphatic heterocycles. The second-order valence-corrected chi connectivity index (χ2v) is 9.32. The maximum atomic E-state index is 11.9. The lowest BCUT2D eigenvalue weighted by Crippen LogP contribution is -2.40. The van der Waals surface area contributed by atoms with Gasteiger partial charge in [-0.05, 0) is 90.1 Å². The summed E-state index contributed by atoms with van der Waals surface area (Å²) >= 11 is 0. The third kappa shape index (κ3) is 11.4. The molecule has 0 fully saturated rings. The highest BCUT2D eigenvalue weighted by atomic mass is 16.5. The largest absolute Gasteiger partial charge is 0.508 e. The summed E-state index contributed by atoms with van der Waals surface area (Å²) < 4.78 is 10.3. The Balaban J connectivity index is 0.000000330. The summed E-state index contributed by atoms with van der Waals surface area (Å²) in [6.45, 7) is 12.7. The lowest BCUT2D eigenvalue weighted by Gasteiger charge is -2.20. The number of carbonyl (C=O) groups is 2. The zero-order chi connectivity index (χ0) is 24.4. The molecule has 2 aromatic carbocycles. The van der Waals surface area contributed by atoms with Crippen molar-refractivity contribution in [1.29, 1.82) is 0 Å². The van der Waals surface area contributed by atoms with Gasteiger partial charge < -0.3 is 25.2 Å². The second-order valence-electron chi connectivity index (χ2n) is 9.32. The van der Waals surface area contributed by atoms with Crippen molar-refractivity contribution in [3.05, 3.63) is 59.7 Å². The van der Waals surface area contributed by atoms with E-state index in [9.17, 15) is 9.59 Å². The molecule has 0 aliphatic rings. The van der Waals surface area contributed by atoms with Gasteiger partial charge in [0.15, 0.2) is 0 Å². The molecule has 0 heterocycles. The molecule has 0 aromatic heterocycles. The number of phenolic OH excluding ortho intramolecular Hbond substituents is 1. The van der Waals surface area contributed by atoms with Crippen LogP contribution in [0.25, 0.3) is 0 Å². The van der Waals surface area contributed by atoms with Crippen molar-refractivity contribution in [2.24, 2.45) is 0 Å². The van der Waals surface area contributed by atoms with E-state index < -0.39 is 0 Å². The van der Waals surface area contributed by atoms with Crippen LogP contribution in [0.15, 0.2) is 48.5 Å². The second kappa shape index (κ2) is 12.1. The molecule has 176 valence electrons. The lowest BCUT2D eigenvalue weighted by molar-refractivity contribution is 0.0910. The molecule has 3 N–H and O–H groups in total. The summed E-state index contributed by atoms with van der Waals surface area (Å²) in [6, 6.07) is 13.3. The minimum atomic E-state index is -0.241. The SMILES string of the molecule is CC(C)(C)NC(=O)c1ccc(O)cc1.COCCOc1ccc(C(=O)NC(C)(C)C)cc1. The van der Waals surface area contributed by atoms with Crippen molar-refractivity contribution < 1.29 is 24.2 Å². The summed E-state index contributed by atoms with van der Waals surface area (Å²) in [7, 11) is 1.63. The number of amides is 2. The van der Waals surface area contributed by atoms with Crippen molar-refractivity contribution in [2.75, 3.05) is 20.3 Å². The number of benzene rings is 2. The van der Waals surface area contributed by atoms with Crippen LogP contribution in [0.2, 0.25) is 0 Å². The van der Waals surface area contributed by atoms with Crippen molar-refractivity contribution >= 4 is 11.8 Å². The molecule has 7 nitrogen and oxygen atoms in total. The first kappa shape index (κ1) is 27.0. The third-order valence-electron chi connectivity index (χ3n) is 3.78. The zero-order valence-corrected chi connectivity index (χ0v) is 20.1. The first-order valence-corrected chi connectivity index (χ1v) is 10.5. The quantitative estimate of drug-likeness (QED) is 0.582. The Hall–Kier alpha value is -3.06. The lowest BCUT2D eigenvalue weighted by atomic mass is 10.1. The van der Waals surface area contributed by atoms with E-state index in [0.29, 0.717) is 24.3 Å². The number of ether oxygens (including phenoxy) is 2. The van der Waals surface area contributed by atoms with E-state index in [-0.39, 0.29) is 28.6 Å². The predicted molar refractivity (Wildman–Crippen MR) is 126 cm³/mol. The number of hydrogen-bond donors (Lipinski definition) is 3. The molecule has 0 radical (unpaired) electrons.